The molecule has 2 rings (SSSR count). The Morgan fingerprint density at radius 1 is 1.35 bits per heavy atom. The van der Waals surface area contributed by atoms with E-state index in [0.29, 0.717) is 11.5 Å². The summed E-state index contributed by atoms with van der Waals surface area (Å²) < 4.78 is 5.61. The molecule has 0 saturated carbocycles. The maximum atomic E-state index is 5.61. The van der Waals surface area contributed by atoms with Gasteiger partial charge < -0.3 is 15.0 Å². The van der Waals surface area contributed by atoms with Gasteiger partial charge in [-0.15, -0.1) is 0 Å². The molecule has 0 aromatic rings. The number of ether oxygens (including phenoxy) is 1. The van der Waals surface area contributed by atoms with Crippen LogP contribution in [0.5, 0.6) is 0 Å². The topological polar surface area (TPSA) is 24.5 Å². The Kier molecular flexibility index (Phi) is 6.66. The van der Waals surface area contributed by atoms with E-state index in [4.69, 9.17) is 4.74 Å². The summed E-state index contributed by atoms with van der Waals surface area (Å²) in [5, 5.41) is 4.53. The Bertz CT molecular complexity index is 280. The molecule has 0 aromatic carbocycles. The van der Waals surface area contributed by atoms with E-state index < -0.39 is 0 Å². The van der Waals surface area contributed by atoms with E-state index in [9.17, 15) is 0 Å². The molecule has 4 heteroatoms. The van der Waals surface area contributed by atoms with Crippen molar-refractivity contribution in [2.24, 2.45) is 5.41 Å². The van der Waals surface area contributed by atoms with Gasteiger partial charge in [-0.25, -0.2) is 0 Å². The minimum absolute atomic E-state index is 0.433. The molecule has 0 amide bonds. The lowest BCUT2D eigenvalue weighted by Crippen LogP contribution is -2.51. The van der Waals surface area contributed by atoms with Crippen LogP contribution >= 0.6 is 11.8 Å². The molecule has 0 aromatic heterocycles. The lowest BCUT2D eigenvalue weighted by Gasteiger charge is -2.43. The van der Waals surface area contributed by atoms with Crippen LogP contribution in [0.2, 0.25) is 0 Å². The summed E-state index contributed by atoms with van der Waals surface area (Å²) in [7, 11) is 0. The Morgan fingerprint density at radius 2 is 2.10 bits per heavy atom. The highest BCUT2D eigenvalue weighted by molar-refractivity contribution is 8.00. The van der Waals surface area contributed by atoms with Crippen molar-refractivity contribution in [3.63, 3.8) is 0 Å². The van der Waals surface area contributed by atoms with Gasteiger partial charge in [0, 0.05) is 56.4 Å². The molecule has 2 saturated heterocycles. The van der Waals surface area contributed by atoms with Crippen molar-refractivity contribution < 1.29 is 4.74 Å². The predicted molar refractivity (Wildman–Crippen MR) is 88.6 cm³/mol. The molecule has 0 bridgehead atoms. The second kappa shape index (κ2) is 8.02. The zero-order chi connectivity index (χ0) is 14.4. The van der Waals surface area contributed by atoms with Crippen LogP contribution in [-0.4, -0.2) is 61.3 Å². The summed E-state index contributed by atoms with van der Waals surface area (Å²) in [4.78, 5) is 2.72. The number of nitrogens with zero attached hydrogens (tertiary/aromatic N) is 1. The lowest BCUT2D eigenvalue weighted by molar-refractivity contribution is -0.00476. The van der Waals surface area contributed by atoms with Crippen LogP contribution < -0.4 is 5.32 Å². The summed E-state index contributed by atoms with van der Waals surface area (Å²) >= 11 is 2.16. The first kappa shape index (κ1) is 16.6. The summed E-state index contributed by atoms with van der Waals surface area (Å²) in [5.74, 6) is 1.31. The molecular formula is C16H32N2OS. The van der Waals surface area contributed by atoms with Crippen LogP contribution in [0.4, 0.5) is 0 Å². The van der Waals surface area contributed by atoms with Gasteiger partial charge in [-0.2, -0.15) is 11.8 Å². The number of hydrogen-bond donors (Lipinski definition) is 1. The first-order valence-electron chi connectivity index (χ1n) is 8.29. The van der Waals surface area contributed by atoms with Crippen LogP contribution in [0.15, 0.2) is 0 Å². The summed E-state index contributed by atoms with van der Waals surface area (Å²) in [6.45, 7) is 13.7. The van der Waals surface area contributed by atoms with Crippen LogP contribution in [0, 0.1) is 5.41 Å². The van der Waals surface area contributed by atoms with Gasteiger partial charge in [0.05, 0.1) is 0 Å². The van der Waals surface area contributed by atoms with Crippen molar-refractivity contribution in [1.82, 2.24) is 10.2 Å². The maximum absolute atomic E-state index is 5.61. The monoisotopic (exact) mass is 300 g/mol. The molecule has 1 N–H and O–H groups in total. The van der Waals surface area contributed by atoms with Crippen molar-refractivity contribution in [3.05, 3.63) is 0 Å². The molecule has 2 aliphatic heterocycles. The second-order valence-electron chi connectivity index (χ2n) is 6.78. The third-order valence-corrected chi connectivity index (χ3v) is 6.05. The first-order valence-corrected chi connectivity index (χ1v) is 9.33. The molecule has 2 aliphatic rings. The van der Waals surface area contributed by atoms with Crippen molar-refractivity contribution >= 4 is 11.8 Å². The van der Waals surface area contributed by atoms with Gasteiger partial charge in [-0.05, 0) is 24.7 Å². The largest absolute Gasteiger partial charge is 0.381 e. The maximum Gasteiger partial charge on any atom is 0.0472 e. The van der Waals surface area contributed by atoms with E-state index in [2.05, 4.69) is 42.7 Å². The highest BCUT2D eigenvalue weighted by Gasteiger charge is 2.35. The number of rotatable bonds is 6. The van der Waals surface area contributed by atoms with Gasteiger partial charge in [-0.1, -0.05) is 20.8 Å². The first-order chi connectivity index (χ1) is 9.63. The standard InChI is InChI=1S/C16H32N2OS/c1-4-15-11-18(7-10-20-15)13-16(12-17-14(2)3)5-8-19-9-6-16/h14-15,17H,4-13H2,1-3H3. The Morgan fingerprint density at radius 3 is 2.75 bits per heavy atom. The van der Waals surface area contributed by atoms with E-state index in [0.717, 1.165) is 25.0 Å². The second-order valence-corrected chi connectivity index (χ2v) is 8.19. The molecule has 3 nitrogen and oxygen atoms in total. The fourth-order valence-electron chi connectivity index (χ4n) is 3.26. The molecule has 0 aliphatic carbocycles. The van der Waals surface area contributed by atoms with E-state index in [-0.39, 0.29) is 0 Å². The van der Waals surface area contributed by atoms with Crippen molar-refractivity contribution in [2.45, 2.75) is 51.3 Å². The van der Waals surface area contributed by atoms with Gasteiger partial charge >= 0.3 is 0 Å². The van der Waals surface area contributed by atoms with Gasteiger partial charge in [0.1, 0.15) is 0 Å². The predicted octanol–water partition coefficient (Wildman–Crippen LogP) is 2.61. The Hall–Kier alpha value is 0.230. The molecular weight excluding hydrogens is 268 g/mol. The van der Waals surface area contributed by atoms with Gasteiger partial charge in [0.25, 0.3) is 0 Å². The fraction of sp³-hybridized carbons (Fsp3) is 1.00. The third-order valence-electron chi connectivity index (χ3n) is 4.68. The minimum Gasteiger partial charge on any atom is -0.381 e. The average Bonchev–Trinajstić information content (AvgIpc) is 2.46. The van der Waals surface area contributed by atoms with Gasteiger partial charge in [0.15, 0.2) is 0 Å². The highest BCUT2D eigenvalue weighted by atomic mass is 32.2. The van der Waals surface area contributed by atoms with E-state index in [1.54, 1.807) is 0 Å². The van der Waals surface area contributed by atoms with Gasteiger partial charge in [-0.3, -0.25) is 0 Å². The highest BCUT2D eigenvalue weighted by Crippen LogP contribution is 2.33. The zero-order valence-electron chi connectivity index (χ0n) is 13.5. The van der Waals surface area contributed by atoms with Crippen LogP contribution in [0.3, 0.4) is 0 Å². The Balaban J connectivity index is 1.92. The number of thioether (sulfide) groups is 1. The lowest BCUT2D eigenvalue weighted by atomic mass is 9.79. The van der Waals surface area contributed by atoms with E-state index in [1.165, 1.54) is 44.6 Å². The number of nitrogens with one attached hydrogen (secondary N) is 1. The zero-order valence-corrected chi connectivity index (χ0v) is 14.3. The third kappa shape index (κ3) is 4.90. The van der Waals surface area contributed by atoms with Crippen LogP contribution in [-0.2, 0) is 4.74 Å². The molecule has 2 heterocycles. The normalized spacial score (nSPS) is 27.9. The number of hydrogen-bond acceptors (Lipinski definition) is 4. The molecule has 2 fully saturated rings. The SMILES string of the molecule is CCC1CN(CC2(CNC(C)C)CCOCC2)CCS1. The van der Waals surface area contributed by atoms with Gasteiger partial charge in [0.2, 0.25) is 0 Å². The van der Waals surface area contributed by atoms with Crippen LogP contribution in [0.25, 0.3) is 0 Å². The molecule has 0 spiro atoms. The molecule has 20 heavy (non-hydrogen) atoms. The molecule has 118 valence electrons. The molecule has 0 radical (unpaired) electrons. The molecule has 1 unspecified atom stereocenters. The summed E-state index contributed by atoms with van der Waals surface area (Å²) in [5.41, 5.74) is 0.433. The summed E-state index contributed by atoms with van der Waals surface area (Å²) in [6, 6.07) is 0.579. The Labute approximate surface area is 129 Å². The fourth-order valence-corrected chi connectivity index (χ4v) is 4.51. The smallest absolute Gasteiger partial charge is 0.0472 e. The minimum atomic E-state index is 0.433. The van der Waals surface area contributed by atoms with Crippen LogP contribution in [0.1, 0.15) is 40.0 Å². The molecule has 1 atom stereocenters. The van der Waals surface area contributed by atoms with E-state index >= 15 is 0 Å². The van der Waals surface area contributed by atoms with Crippen molar-refractivity contribution in [1.29, 1.82) is 0 Å². The van der Waals surface area contributed by atoms with E-state index in [1.807, 2.05) is 0 Å². The van der Waals surface area contributed by atoms with Crippen molar-refractivity contribution in [2.75, 3.05) is 45.1 Å². The van der Waals surface area contributed by atoms with Crippen molar-refractivity contribution in [3.8, 4) is 0 Å². The quantitative estimate of drug-likeness (QED) is 0.815. The average molecular weight is 301 g/mol. The summed E-state index contributed by atoms with van der Waals surface area (Å²) in [6.07, 6.45) is 3.74.